The van der Waals surface area contributed by atoms with Gasteiger partial charge in [0.2, 0.25) is 17.6 Å². The van der Waals surface area contributed by atoms with Gasteiger partial charge in [-0.1, -0.05) is 22.8 Å². The predicted octanol–water partition coefficient (Wildman–Crippen LogP) is 3.61. The van der Waals surface area contributed by atoms with Crippen molar-refractivity contribution in [2.45, 2.75) is 19.3 Å². The minimum atomic E-state index is -0.131. The molecule has 3 aromatic rings. The summed E-state index contributed by atoms with van der Waals surface area (Å²) < 4.78 is 5.38. The van der Waals surface area contributed by atoms with E-state index in [9.17, 15) is 4.79 Å². The highest BCUT2D eigenvalue weighted by atomic mass is 35.5. The number of aryl methyl sites for hydroxylation is 1. The van der Waals surface area contributed by atoms with Crippen molar-refractivity contribution in [1.29, 1.82) is 0 Å². The molecule has 0 saturated carbocycles. The molecule has 1 aliphatic heterocycles. The zero-order chi connectivity index (χ0) is 17.4. The summed E-state index contributed by atoms with van der Waals surface area (Å²) in [5, 5.41) is 4.67. The predicted molar refractivity (Wildman–Crippen MR) is 93.4 cm³/mol. The summed E-state index contributed by atoms with van der Waals surface area (Å²) in [6.07, 6.45) is 2.01. The fraction of sp³-hybridized carbons (Fsp3) is 0.222. The van der Waals surface area contributed by atoms with Crippen molar-refractivity contribution in [3.8, 4) is 11.5 Å². The Morgan fingerprint density at radius 3 is 2.92 bits per heavy atom. The van der Waals surface area contributed by atoms with Gasteiger partial charge in [-0.15, -0.1) is 0 Å². The molecule has 1 atom stereocenters. The molecule has 25 heavy (non-hydrogen) atoms. The second kappa shape index (κ2) is 6.29. The zero-order valence-electron chi connectivity index (χ0n) is 13.5. The molecular formula is C18H15ClN4O2. The summed E-state index contributed by atoms with van der Waals surface area (Å²) in [6.45, 7) is 2.42. The van der Waals surface area contributed by atoms with Crippen LogP contribution in [-0.2, 0) is 4.79 Å². The number of nitrogens with zero attached hydrogens (tertiary/aromatic N) is 4. The summed E-state index contributed by atoms with van der Waals surface area (Å²) in [5.74, 6) is 0.795. The fourth-order valence-corrected chi connectivity index (χ4v) is 3.04. The monoisotopic (exact) mass is 354 g/mol. The number of hydrogen-bond acceptors (Lipinski definition) is 5. The third kappa shape index (κ3) is 3.00. The molecule has 126 valence electrons. The van der Waals surface area contributed by atoms with Crippen LogP contribution in [0.3, 0.4) is 0 Å². The Balaban J connectivity index is 1.56. The number of anilines is 1. The van der Waals surface area contributed by atoms with Crippen LogP contribution in [0, 0.1) is 6.92 Å². The average Bonchev–Trinajstić information content (AvgIpc) is 3.25. The average molecular weight is 355 g/mol. The Morgan fingerprint density at radius 1 is 1.28 bits per heavy atom. The first-order valence-corrected chi connectivity index (χ1v) is 8.31. The van der Waals surface area contributed by atoms with Gasteiger partial charge in [-0.3, -0.25) is 9.78 Å². The number of halogens is 1. The Bertz CT molecular complexity index is 926. The van der Waals surface area contributed by atoms with Crippen LogP contribution in [0.4, 0.5) is 5.69 Å². The molecule has 3 heterocycles. The zero-order valence-corrected chi connectivity index (χ0v) is 14.3. The molecule has 0 N–H and O–H groups in total. The van der Waals surface area contributed by atoms with E-state index in [-0.39, 0.29) is 11.8 Å². The van der Waals surface area contributed by atoms with Crippen LogP contribution in [0.2, 0.25) is 5.02 Å². The summed E-state index contributed by atoms with van der Waals surface area (Å²) in [5.41, 5.74) is 2.41. The Hall–Kier alpha value is -2.73. The van der Waals surface area contributed by atoms with E-state index >= 15 is 0 Å². The molecule has 7 heteroatoms. The van der Waals surface area contributed by atoms with Crippen molar-refractivity contribution in [2.24, 2.45) is 0 Å². The number of carbonyl (C=O) groups is 1. The molecule has 0 aliphatic carbocycles. The number of benzene rings is 1. The summed E-state index contributed by atoms with van der Waals surface area (Å²) in [4.78, 5) is 22.8. The summed E-state index contributed by atoms with van der Waals surface area (Å²) in [6, 6.07) is 11.1. The highest BCUT2D eigenvalue weighted by molar-refractivity contribution is 6.31. The topological polar surface area (TPSA) is 72.1 Å². The van der Waals surface area contributed by atoms with Gasteiger partial charge in [-0.05, 0) is 42.8 Å². The van der Waals surface area contributed by atoms with E-state index in [1.54, 1.807) is 17.2 Å². The van der Waals surface area contributed by atoms with E-state index in [1.165, 1.54) is 0 Å². The van der Waals surface area contributed by atoms with Gasteiger partial charge >= 0.3 is 0 Å². The minimum absolute atomic E-state index is 0.0318. The largest absolute Gasteiger partial charge is 0.339 e. The Kier molecular flexibility index (Phi) is 3.97. The van der Waals surface area contributed by atoms with E-state index < -0.39 is 0 Å². The van der Waals surface area contributed by atoms with Crippen LogP contribution in [0.15, 0.2) is 47.1 Å². The Morgan fingerprint density at radius 2 is 2.16 bits per heavy atom. The number of aromatic nitrogens is 3. The first-order chi connectivity index (χ1) is 12.1. The lowest BCUT2D eigenvalue weighted by Gasteiger charge is -2.17. The molecule has 1 unspecified atom stereocenters. The van der Waals surface area contributed by atoms with E-state index in [1.807, 2.05) is 37.3 Å². The van der Waals surface area contributed by atoms with Gasteiger partial charge in [0.25, 0.3) is 0 Å². The van der Waals surface area contributed by atoms with Crippen LogP contribution in [-0.4, -0.2) is 27.6 Å². The minimum Gasteiger partial charge on any atom is -0.339 e. The molecular weight excluding hydrogens is 340 g/mol. The van der Waals surface area contributed by atoms with Gasteiger partial charge in [0.05, 0.1) is 5.92 Å². The van der Waals surface area contributed by atoms with E-state index in [0.29, 0.717) is 35.4 Å². The molecule has 0 bridgehead atoms. The molecule has 0 spiro atoms. The smallest absolute Gasteiger partial charge is 0.232 e. The van der Waals surface area contributed by atoms with E-state index in [2.05, 4.69) is 15.1 Å². The van der Waals surface area contributed by atoms with Crippen molar-refractivity contribution in [3.63, 3.8) is 0 Å². The quantitative estimate of drug-likeness (QED) is 0.718. The first-order valence-electron chi connectivity index (χ1n) is 7.93. The maximum atomic E-state index is 12.4. The highest BCUT2D eigenvalue weighted by Crippen LogP contribution is 2.33. The lowest BCUT2D eigenvalue weighted by Crippen LogP contribution is -2.24. The van der Waals surface area contributed by atoms with Gasteiger partial charge < -0.3 is 9.42 Å². The molecule has 4 rings (SSSR count). The summed E-state index contributed by atoms with van der Waals surface area (Å²) in [7, 11) is 0. The number of pyridine rings is 1. The second-order valence-corrected chi connectivity index (χ2v) is 6.42. The van der Waals surface area contributed by atoms with Crippen molar-refractivity contribution in [3.05, 3.63) is 59.1 Å². The molecule has 1 aromatic carbocycles. The van der Waals surface area contributed by atoms with Crippen LogP contribution < -0.4 is 4.90 Å². The van der Waals surface area contributed by atoms with E-state index in [0.717, 1.165) is 11.3 Å². The van der Waals surface area contributed by atoms with Gasteiger partial charge in [0.15, 0.2) is 0 Å². The van der Waals surface area contributed by atoms with Crippen LogP contribution in [0.1, 0.15) is 23.8 Å². The summed E-state index contributed by atoms with van der Waals surface area (Å²) >= 11 is 6.07. The van der Waals surface area contributed by atoms with Gasteiger partial charge in [0.1, 0.15) is 5.69 Å². The van der Waals surface area contributed by atoms with Gasteiger partial charge in [0, 0.05) is 29.9 Å². The molecule has 2 aromatic heterocycles. The number of rotatable bonds is 3. The molecule has 0 radical (unpaired) electrons. The number of amides is 1. The SMILES string of the molecule is Cc1cc(N2CC(c3nc(-c4ccccn4)no3)CC2=O)ccc1Cl. The van der Waals surface area contributed by atoms with Crippen molar-refractivity contribution >= 4 is 23.2 Å². The molecule has 6 nitrogen and oxygen atoms in total. The molecule has 1 fully saturated rings. The third-order valence-corrected chi connectivity index (χ3v) is 4.69. The fourth-order valence-electron chi connectivity index (χ4n) is 2.92. The first kappa shape index (κ1) is 15.8. The lowest BCUT2D eigenvalue weighted by atomic mass is 10.1. The Labute approximate surface area is 149 Å². The second-order valence-electron chi connectivity index (χ2n) is 6.01. The third-order valence-electron chi connectivity index (χ3n) is 4.26. The van der Waals surface area contributed by atoms with Crippen LogP contribution in [0.5, 0.6) is 0 Å². The van der Waals surface area contributed by atoms with Crippen molar-refractivity contribution < 1.29 is 9.32 Å². The van der Waals surface area contributed by atoms with Crippen molar-refractivity contribution in [1.82, 2.24) is 15.1 Å². The van der Waals surface area contributed by atoms with Crippen molar-refractivity contribution in [2.75, 3.05) is 11.4 Å². The van der Waals surface area contributed by atoms with Crippen LogP contribution >= 0.6 is 11.6 Å². The maximum Gasteiger partial charge on any atom is 0.232 e. The van der Waals surface area contributed by atoms with Crippen LogP contribution in [0.25, 0.3) is 11.5 Å². The highest BCUT2D eigenvalue weighted by Gasteiger charge is 2.35. The normalized spacial score (nSPS) is 17.3. The van der Waals surface area contributed by atoms with E-state index in [4.69, 9.17) is 16.1 Å². The van der Waals surface area contributed by atoms with Gasteiger partial charge in [-0.2, -0.15) is 4.98 Å². The molecule has 1 saturated heterocycles. The lowest BCUT2D eigenvalue weighted by molar-refractivity contribution is -0.117. The standard InChI is InChI=1S/C18H15ClN4O2/c1-11-8-13(5-6-14(11)19)23-10-12(9-16(23)24)18-21-17(22-25-18)15-4-2-3-7-20-15/h2-8,12H,9-10H2,1H3. The molecule has 1 aliphatic rings. The molecule has 1 amide bonds. The number of hydrogen-bond donors (Lipinski definition) is 0. The maximum absolute atomic E-state index is 12.4. The van der Waals surface area contributed by atoms with Gasteiger partial charge in [-0.25, -0.2) is 0 Å². The number of carbonyl (C=O) groups excluding carboxylic acids is 1.